The quantitative estimate of drug-likeness (QED) is 0.156. The highest BCUT2D eigenvalue weighted by molar-refractivity contribution is 7.00. The number of anilines is 3. The first-order valence-electron chi connectivity index (χ1n) is 21.4. The number of hydrogen-bond acceptors (Lipinski definition) is 3. The average molecular weight is 773 g/mol. The van der Waals surface area contributed by atoms with Crippen LogP contribution in [0.3, 0.4) is 0 Å². The Labute approximate surface area is 347 Å². The third-order valence-electron chi connectivity index (χ3n) is 13.4. The highest BCUT2D eigenvalue weighted by Crippen LogP contribution is 2.49. The lowest BCUT2D eigenvalue weighted by molar-refractivity contribution is 0.587. The fourth-order valence-electron chi connectivity index (χ4n) is 10.00. The van der Waals surface area contributed by atoms with E-state index in [1.165, 1.54) is 72.0 Å². The molecular formula is C54H53BN2O2. The van der Waals surface area contributed by atoms with Gasteiger partial charge in [0.05, 0.1) is 16.6 Å². The molecule has 6 aromatic carbocycles. The van der Waals surface area contributed by atoms with Gasteiger partial charge in [-0.3, -0.25) is 4.57 Å². The first-order valence-corrected chi connectivity index (χ1v) is 21.4. The first kappa shape index (κ1) is 36.4. The molecule has 2 aliphatic rings. The molecule has 59 heavy (non-hydrogen) atoms. The molecule has 0 atom stereocenters. The molecule has 0 bridgehead atoms. The largest absolute Gasteiger partial charge is 0.454 e. The Morgan fingerprint density at radius 3 is 1.80 bits per heavy atom. The lowest BCUT2D eigenvalue weighted by Gasteiger charge is -2.42. The zero-order valence-electron chi connectivity index (χ0n) is 36.6. The number of aromatic nitrogens is 1. The summed E-state index contributed by atoms with van der Waals surface area (Å²) in [7, 11) is 0. The molecule has 0 unspecified atom stereocenters. The molecule has 0 spiro atoms. The molecule has 0 radical (unpaired) electrons. The normalized spacial score (nSPS) is 14.4. The molecular weight excluding hydrogens is 719 g/mol. The summed E-state index contributed by atoms with van der Waals surface area (Å²) in [5.41, 5.74) is 18.4. The smallest absolute Gasteiger partial charge is 0.252 e. The average Bonchev–Trinajstić information content (AvgIpc) is 3.83. The van der Waals surface area contributed by atoms with Crippen molar-refractivity contribution in [3.63, 3.8) is 0 Å². The summed E-state index contributed by atoms with van der Waals surface area (Å²) in [5, 5.41) is 5.89. The predicted octanol–water partition coefficient (Wildman–Crippen LogP) is 13.2. The van der Waals surface area contributed by atoms with Crippen LogP contribution in [0.15, 0.2) is 112 Å². The maximum atomic E-state index is 7.07. The van der Waals surface area contributed by atoms with Crippen molar-refractivity contribution in [3.8, 4) is 5.69 Å². The number of nitrogens with zero attached hydrogens (tertiary/aromatic N) is 2. The molecule has 9 aromatic rings. The van der Waals surface area contributed by atoms with E-state index in [0.717, 1.165) is 44.3 Å². The van der Waals surface area contributed by atoms with E-state index in [2.05, 4.69) is 196 Å². The fraction of sp³-hybridized carbons (Fsp3) is 0.296. The number of rotatable bonds is 1. The monoisotopic (exact) mass is 772 g/mol. The second-order valence-corrected chi connectivity index (χ2v) is 21.5. The van der Waals surface area contributed by atoms with Crippen molar-refractivity contribution in [2.75, 3.05) is 4.90 Å². The summed E-state index contributed by atoms with van der Waals surface area (Å²) in [4.78, 5) is 2.54. The third kappa shape index (κ3) is 5.09. The Hall–Kier alpha value is -5.68. The van der Waals surface area contributed by atoms with Crippen LogP contribution in [0.4, 0.5) is 17.1 Å². The number of fused-ring (bicyclic) bond motifs is 12. The summed E-state index contributed by atoms with van der Waals surface area (Å²) in [5.74, 6) is 0. The van der Waals surface area contributed by atoms with Crippen LogP contribution in [0.1, 0.15) is 105 Å². The maximum Gasteiger partial charge on any atom is 0.252 e. The molecule has 5 heteroatoms. The Bertz CT molecular complexity index is 3270. The molecule has 0 fully saturated rings. The highest BCUT2D eigenvalue weighted by atomic mass is 16.3. The van der Waals surface area contributed by atoms with E-state index in [-0.39, 0.29) is 28.4 Å². The lowest BCUT2D eigenvalue weighted by atomic mass is 9.33. The van der Waals surface area contributed by atoms with Crippen LogP contribution in [-0.4, -0.2) is 11.3 Å². The van der Waals surface area contributed by atoms with E-state index >= 15 is 0 Å². The van der Waals surface area contributed by atoms with Gasteiger partial charge in [0.15, 0.2) is 5.58 Å². The van der Waals surface area contributed by atoms with Crippen LogP contribution in [0.25, 0.3) is 60.6 Å². The van der Waals surface area contributed by atoms with Crippen LogP contribution in [0.5, 0.6) is 0 Å². The number of furan rings is 2. The molecule has 4 nitrogen and oxygen atoms in total. The Balaban J connectivity index is 1.32. The van der Waals surface area contributed by atoms with Crippen LogP contribution < -0.4 is 21.3 Å². The van der Waals surface area contributed by atoms with E-state index in [9.17, 15) is 0 Å². The standard InChI is InChI=1S/C54H53BN2O2/c1-51(2,3)30-21-23-38-41(26-30)56(40-18-15-17-35-34-22-20-31(52(4,5)6)29-45(34)58-49(35)40)42-27-33(54(10,11)12)28-43-47(42)55(38)39-25-32(53(7,8)9)24-37-46-36-16-13-14-19-44(36)59-50(46)57(43)48(37)39/h13-29H,1-12H3. The highest BCUT2D eigenvalue weighted by Gasteiger charge is 2.45. The topological polar surface area (TPSA) is 34.5 Å². The molecule has 0 amide bonds. The molecule has 0 saturated carbocycles. The lowest BCUT2D eigenvalue weighted by Crippen LogP contribution is -2.60. The van der Waals surface area contributed by atoms with Gasteiger partial charge in [-0.15, -0.1) is 0 Å². The Morgan fingerprint density at radius 2 is 1.07 bits per heavy atom. The molecule has 294 valence electrons. The minimum Gasteiger partial charge on any atom is -0.454 e. The van der Waals surface area contributed by atoms with Crippen molar-refractivity contribution in [2.24, 2.45) is 0 Å². The second-order valence-electron chi connectivity index (χ2n) is 21.5. The van der Waals surface area contributed by atoms with Crippen LogP contribution in [0, 0.1) is 0 Å². The van der Waals surface area contributed by atoms with E-state index in [4.69, 9.17) is 8.83 Å². The summed E-state index contributed by atoms with van der Waals surface area (Å²) in [6, 6.07) is 39.2. The molecule has 0 saturated heterocycles. The molecule has 2 aliphatic heterocycles. The second kappa shape index (κ2) is 11.5. The summed E-state index contributed by atoms with van der Waals surface area (Å²) < 4.78 is 16.5. The zero-order chi connectivity index (χ0) is 41.3. The number of hydrogen-bond donors (Lipinski definition) is 0. The molecule has 0 aliphatic carbocycles. The molecule has 0 N–H and O–H groups in total. The van der Waals surface area contributed by atoms with Crippen molar-refractivity contribution in [1.29, 1.82) is 0 Å². The summed E-state index contributed by atoms with van der Waals surface area (Å²) in [6.07, 6.45) is 0. The summed E-state index contributed by atoms with van der Waals surface area (Å²) >= 11 is 0. The van der Waals surface area contributed by atoms with Gasteiger partial charge < -0.3 is 13.7 Å². The van der Waals surface area contributed by atoms with Crippen molar-refractivity contribution in [2.45, 2.75) is 105 Å². The van der Waals surface area contributed by atoms with E-state index < -0.39 is 0 Å². The van der Waals surface area contributed by atoms with Crippen molar-refractivity contribution in [1.82, 2.24) is 4.57 Å². The van der Waals surface area contributed by atoms with Gasteiger partial charge >= 0.3 is 0 Å². The third-order valence-corrected chi connectivity index (χ3v) is 13.4. The fourth-order valence-corrected chi connectivity index (χ4v) is 10.00. The van der Waals surface area contributed by atoms with E-state index in [1.54, 1.807) is 0 Å². The van der Waals surface area contributed by atoms with Gasteiger partial charge in [0.25, 0.3) is 6.71 Å². The van der Waals surface area contributed by atoms with Crippen molar-refractivity contribution >= 4 is 95.1 Å². The SMILES string of the molecule is CC(C)(C)c1ccc2c(c1)N(c1cccc3c1oc1cc(C(C)(C)C)ccc13)c1cc(C(C)(C)C)cc3c1B2c1cc(C(C)(C)C)cc2c4c5ccccc5oc4n-3c12. The van der Waals surface area contributed by atoms with Crippen LogP contribution >= 0.6 is 0 Å². The van der Waals surface area contributed by atoms with E-state index in [0.29, 0.717) is 0 Å². The zero-order valence-corrected chi connectivity index (χ0v) is 36.6. The minimum atomic E-state index is -0.134. The van der Waals surface area contributed by atoms with Gasteiger partial charge in [-0.2, -0.15) is 0 Å². The van der Waals surface area contributed by atoms with Crippen molar-refractivity contribution in [3.05, 3.63) is 125 Å². The Kier molecular flexibility index (Phi) is 7.12. The van der Waals surface area contributed by atoms with Gasteiger partial charge in [-0.25, -0.2) is 0 Å². The van der Waals surface area contributed by atoms with Gasteiger partial charge in [-0.1, -0.05) is 144 Å². The van der Waals surface area contributed by atoms with Crippen LogP contribution in [0.2, 0.25) is 0 Å². The van der Waals surface area contributed by atoms with Gasteiger partial charge in [0, 0.05) is 38.6 Å². The van der Waals surface area contributed by atoms with Crippen molar-refractivity contribution < 1.29 is 8.83 Å². The molecule has 5 heterocycles. The van der Waals surface area contributed by atoms with Gasteiger partial charge in [-0.05, 0) is 103 Å². The number of para-hydroxylation sites is 2. The van der Waals surface area contributed by atoms with Gasteiger partial charge in [0.1, 0.15) is 11.2 Å². The predicted molar refractivity (Wildman–Crippen MR) is 252 cm³/mol. The van der Waals surface area contributed by atoms with Gasteiger partial charge in [0.2, 0.25) is 5.71 Å². The Morgan fingerprint density at radius 1 is 0.441 bits per heavy atom. The van der Waals surface area contributed by atoms with E-state index in [1.807, 2.05) is 0 Å². The maximum absolute atomic E-state index is 7.07. The summed E-state index contributed by atoms with van der Waals surface area (Å²) in [6.45, 7) is 27.8. The van der Waals surface area contributed by atoms with Crippen LogP contribution in [-0.2, 0) is 21.7 Å². The first-order chi connectivity index (χ1) is 27.8. The number of benzene rings is 6. The minimum absolute atomic E-state index is 0.000997. The molecule has 11 rings (SSSR count). The molecule has 3 aromatic heterocycles.